The fourth-order valence-electron chi connectivity index (χ4n) is 1.21. The summed E-state index contributed by atoms with van der Waals surface area (Å²) in [7, 11) is 0. The van der Waals surface area contributed by atoms with Crippen LogP contribution in [0.1, 0.15) is 53.4 Å². The molecular formula is C12H22O. The lowest BCUT2D eigenvalue weighted by atomic mass is 10.0. The van der Waals surface area contributed by atoms with Crippen molar-refractivity contribution in [3.63, 3.8) is 0 Å². The van der Waals surface area contributed by atoms with Crippen molar-refractivity contribution in [1.82, 2.24) is 0 Å². The van der Waals surface area contributed by atoms with E-state index in [0.29, 0.717) is 6.42 Å². The zero-order valence-corrected chi connectivity index (χ0v) is 9.39. The topological polar surface area (TPSA) is 17.1 Å². The Kier molecular flexibility index (Phi) is 6.56. The third kappa shape index (κ3) is 9.32. The van der Waals surface area contributed by atoms with Gasteiger partial charge in [0.1, 0.15) is 5.78 Å². The van der Waals surface area contributed by atoms with Crippen LogP contribution in [0.4, 0.5) is 0 Å². The van der Waals surface area contributed by atoms with Gasteiger partial charge in [-0.05, 0) is 32.6 Å². The minimum absolute atomic E-state index is 0.253. The molecule has 0 amide bonds. The van der Waals surface area contributed by atoms with E-state index >= 15 is 0 Å². The second-order valence-corrected chi connectivity index (χ2v) is 4.24. The number of rotatable bonds is 6. The van der Waals surface area contributed by atoms with E-state index in [2.05, 4.69) is 26.8 Å². The Bertz CT molecular complexity index is 178. The number of carbonyl (C=O) groups is 1. The molecule has 0 aliphatic heterocycles. The maximum atomic E-state index is 10.7. The Labute approximate surface area is 82.2 Å². The molecule has 0 fully saturated rings. The minimum Gasteiger partial charge on any atom is -0.300 e. The van der Waals surface area contributed by atoms with E-state index in [0.717, 1.165) is 12.3 Å². The van der Waals surface area contributed by atoms with Crippen LogP contribution in [0.2, 0.25) is 0 Å². The molecule has 13 heavy (non-hydrogen) atoms. The summed E-state index contributed by atoms with van der Waals surface area (Å²) in [5, 5.41) is 0. The van der Waals surface area contributed by atoms with Crippen molar-refractivity contribution >= 4 is 5.78 Å². The molecule has 0 N–H and O–H groups in total. The maximum Gasteiger partial charge on any atom is 0.133 e. The van der Waals surface area contributed by atoms with Gasteiger partial charge in [-0.1, -0.05) is 31.9 Å². The fourth-order valence-corrected chi connectivity index (χ4v) is 1.21. The van der Waals surface area contributed by atoms with Crippen molar-refractivity contribution in [3.8, 4) is 0 Å². The van der Waals surface area contributed by atoms with Gasteiger partial charge in [0.05, 0.1) is 0 Å². The molecule has 0 unspecified atom stereocenters. The van der Waals surface area contributed by atoms with E-state index in [1.807, 2.05) is 0 Å². The molecule has 76 valence electrons. The molecular weight excluding hydrogens is 160 g/mol. The normalized spacial score (nSPS) is 12.2. The minimum atomic E-state index is 0.253. The van der Waals surface area contributed by atoms with Crippen LogP contribution in [-0.4, -0.2) is 5.78 Å². The summed E-state index contributed by atoms with van der Waals surface area (Å²) in [6.07, 6.45) is 6.34. The predicted molar refractivity (Wildman–Crippen MR) is 57.7 cm³/mol. The summed E-state index contributed by atoms with van der Waals surface area (Å²) in [6.45, 7) is 8.24. The quantitative estimate of drug-likeness (QED) is 0.572. The second kappa shape index (κ2) is 6.88. The molecule has 0 spiro atoms. The Hall–Kier alpha value is -0.590. The van der Waals surface area contributed by atoms with E-state index in [-0.39, 0.29) is 5.78 Å². The molecule has 0 atom stereocenters. The summed E-state index contributed by atoms with van der Waals surface area (Å²) < 4.78 is 0. The summed E-state index contributed by atoms with van der Waals surface area (Å²) in [4.78, 5) is 10.7. The number of carbonyl (C=O) groups excluding carboxylic acids is 1. The second-order valence-electron chi connectivity index (χ2n) is 4.24. The smallest absolute Gasteiger partial charge is 0.133 e. The Morgan fingerprint density at radius 3 is 2.38 bits per heavy atom. The molecule has 0 rings (SSSR count). The first-order valence-corrected chi connectivity index (χ1v) is 5.17. The molecule has 0 aliphatic rings. The Morgan fingerprint density at radius 2 is 1.92 bits per heavy atom. The lowest BCUT2D eigenvalue weighted by Crippen LogP contribution is -1.89. The standard InChI is InChI=1S/C12H22O/c1-10(2)6-5-7-11(3)8-9-12(4)13/h8,10H,5-7,9H2,1-4H3. The number of Topliss-reactive ketones (excluding diaryl/α,β-unsaturated/α-hetero) is 1. The SMILES string of the molecule is CC(=O)CC=C(C)CCCC(C)C. The molecule has 0 saturated heterocycles. The highest BCUT2D eigenvalue weighted by molar-refractivity contribution is 5.77. The third-order valence-corrected chi connectivity index (χ3v) is 2.09. The van der Waals surface area contributed by atoms with Gasteiger partial charge < -0.3 is 0 Å². The first-order chi connectivity index (χ1) is 6.02. The van der Waals surface area contributed by atoms with Crippen molar-refractivity contribution in [3.05, 3.63) is 11.6 Å². The van der Waals surface area contributed by atoms with Gasteiger partial charge in [0, 0.05) is 6.42 Å². The van der Waals surface area contributed by atoms with Crippen molar-refractivity contribution < 1.29 is 4.79 Å². The van der Waals surface area contributed by atoms with Crippen LogP contribution in [0.5, 0.6) is 0 Å². The molecule has 1 heteroatoms. The van der Waals surface area contributed by atoms with Crippen LogP contribution >= 0.6 is 0 Å². The van der Waals surface area contributed by atoms with Crippen LogP contribution in [0, 0.1) is 5.92 Å². The van der Waals surface area contributed by atoms with Crippen LogP contribution in [0.25, 0.3) is 0 Å². The zero-order chi connectivity index (χ0) is 10.3. The summed E-state index contributed by atoms with van der Waals surface area (Å²) in [6, 6.07) is 0. The highest BCUT2D eigenvalue weighted by Crippen LogP contribution is 2.11. The first kappa shape index (κ1) is 12.4. The Balaban J connectivity index is 3.55. The maximum absolute atomic E-state index is 10.7. The highest BCUT2D eigenvalue weighted by atomic mass is 16.1. The van der Waals surface area contributed by atoms with Gasteiger partial charge >= 0.3 is 0 Å². The van der Waals surface area contributed by atoms with E-state index in [4.69, 9.17) is 0 Å². The monoisotopic (exact) mass is 182 g/mol. The number of allylic oxidation sites excluding steroid dienone is 2. The number of hydrogen-bond donors (Lipinski definition) is 0. The lowest BCUT2D eigenvalue weighted by Gasteiger charge is -2.04. The van der Waals surface area contributed by atoms with Crippen LogP contribution in [-0.2, 0) is 4.79 Å². The predicted octanol–water partition coefficient (Wildman–Crippen LogP) is 3.74. The van der Waals surface area contributed by atoms with Crippen LogP contribution < -0.4 is 0 Å². The largest absolute Gasteiger partial charge is 0.300 e. The average Bonchev–Trinajstić information content (AvgIpc) is 2.00. The van der Waals surface area contributed by atoms with E-state index in [9.17, 15) is 4.79 Å². The average molecular weight is 182 g/mol. The molecule has 0 heterocycles. The molecule has 0 saturated carbocycles. The van der Waals surface area contributed by atoms with Crippen molar-refractivity contribution in [1.29, 1.82) is 0 Å². The Morgan fingerprint density at radius 1 is 1.31 bits per heavy atom. The van der Waals surface area contributed by atoms with Crippen LogP contribution in [0.15, 0.2) is 11.6 Å². The summed E-state index contributed by atoms with van der Waals surface area (Å²) in [5.74, 6) is 1.05. The van der Waals surface area contributed by atoms with Gasteiger partial charge in [0.15, 0.2) is 0 Å². The van der Waals surface area contributed by atoms with E-state index in [1.54, 1.807) is 6.92 Å². The fraction of sp³-hybridized carbons (Fsp3) is 0.750. The molecule has 0 radical (unpaired) electrons. The summed E-state index contributed by atoms with van der Waals surface area (Å²) in [5.41, 5.74) is 1.36. The van der Waals surface area contributed by atoms with Crippen LogP contribution in [0.3, 0.4) is 0 Å². The number of ketones is 1. The number of hydrogen-bond acceptors (Lipinski definition) is 1. The zero-order valence-electron chi connectivity index (χ0n) is 9.39. The van der Waals surface area contributed by atoms with Crippen molar-refractivity contribution in [2.75, 3.05) is 0 Å². The molecule has 0 aromatic carbocycles. The lowest BCUT2D eigenvalue weighted by molar-refractivity contribution is -0.116. The molecule has 0 aromatic rings. The van der Waals surface area contributed by atoms with Gasteiger partial charge in [-0.3, -0.25) is 4.79 Å². The van der Waals surface area contributed by atoms with E-state index in [1.165, 1.54) is 18.4 Å². The van der Waals surface area contributed by atoms with Crippen molar-refractivity contribution in [2.24, 2.45) is 5.92 Å². The molecule has 0 bridgehead atoms. The molecule has 1 nitrogen and oxygen atoms in total. The van der Waals surface area contributed by atoms with E-state index < -0.39 is 0 Å². The van der Waals surface area contributed by atoms with Gasteiger partial charge in [-0.25, -0.2) is 0 Å². The first-order valence-electron chi connectivity index (χ1n) is 5.17. The van der Waals surface area contributed by atoms with Crippen molar-refractivity contribution in [2.45, 2.75) is 53.4 Å². The van der Waals surface area contributed by atoms with Gasteiger partial charge in [-0.15, -0.1) is 0 Å². The van der Waals surface area contributed by atoms with Gasteiger partial charge in [0.2, 0.25) is 0 Å². The molecule has 0 aromatic heterocycles. The molecule has 0 aliphatic carbocycles. The van der Waals surface area contributed by atoms with Gasteiger partial charge in [0.25, 0.3) is 0 Å². The third-order valence-electron chi connectivity index (χ3n) is 2.09. The van der Waals surface area contributed by atoms with Gasteiger partial charge in [-0.2, -0.15) is 0 Å². The summed E-state index contributed by atoms with van der Waals surface area (Å²) >= 11 is 0. The highest BCUT2D eigenvalue weighted by Gasteiger charge is 1.95.